The summed E-state index contributed by atoms with van der Waals surface area (Å²) in [6.45, 7) is 4.54. The summed E-state index contributed by atoms with van der Waals surface area (Å²) in [7, 11) is 0. The summed E-state index contributed by atoms with van der Waals surface area (Å²) in [6.07, 6.45) is 5.25. The van der Waals surface area contributed by atoms with E-state index in [0.717, 1.165) is 12.8 Å². The monoisotopic (exact) mass is 551 g/mol. The minimum atomic E-state index is -0.847. The molecule has 1 atom stereocenters. The van der Waals surface area contributed by atoms with Gasteiger partial charge in [0.25, 0.3) is 0 Å². The molecule has 2 aliphatic rings. The number of anilines is 1. The van der Waals surface area contributed by atoms with Crippen LogP contribution in [-0.4, -0.2) is 107 Å². The number of rotatable bonds is 12. The van der Waals surface area contributed by atoms with Gasteiger partial charge in [-0.3, -0.25) is 14.3 Å². The molecular weight excluding hydrogens is 518 g/mol. The van der Waals surface area contributed by atoms with Crippen LogP contribution in [0.25, 0.3) is 17.0 Å². The van der Waals surface area contributed by atoms with Crippen molar-refractivity contribution in [2.75, 3.05) is 64.7 Å². The fourth-order valence-corrected chi connectivity index (χ4v) is 4.79. The first-order valence-corrected chi connectivity index (χ1v) is 13.5. The topological polar surface area (TPSA) is 157 Å². The fraction of sp³-hybridized carbons (Fsp3) is 0.519. The number of imidazole rings is 1. The molecule has 0 amide bonds. The van der Waals surface area contributed by atoms with Crippen LogP contribution >= 0.6 is 0 Å². The molecule has 0 aromatic carbocycles. The first-order valence-electron chi connectivity index (χ1n) is 13.5. The molecule has 2 N–H and O–H groups in total. The third-order valence-corrected chi connectivity index (χ3v) is 6.97. The van der Waals surface area contributed by atoms with Crippen LogP contribution in [-0.2, 0) is 19.0 Å². The van der Waals surface area contributed by atoms with Gasteiger partial charge in [0.05, 0.1) is 25.4 Å². The summed E-state index contributed by atoms with van der Waals surface area (Å²) in [5.74, 6) is 0.899. The number of hydrogen-bond donors (Lipinski definition) is 2. The van der Waals surface area contributed by atoms with Crippen LogP contribution in [0.1, 0.15) is 24.8 Å². The van der Waals surface area contributed by atoms with Gasteiger partial charge in [-0.05, 0) is 31.4 Å². The summed E-state index contributed by atoms with van der Waals surface area (Å²) in [5, 5.41) is 22.2. The largest absolute Gasteiger partial charge is 0.487 e. The molecule has 13 heteroatoms. The summed E-state index contributed by atoms with van der Waals surface area (Å²) in [5.41, 5.74) is 1.72. The third-order valence-electron chi connectivity index (χ3n) is 6.97. The van der Waals surface area contributed by atoms with Crippen LogP contribution in [0.3, 0.4) is 0 Å². The third kappa shape index (κ3) is 6.83. The smallest absolute Gasteiger partial charge is 0.321 e. The number of fused-ring (bicyclic) bond motifs is 1. The average Bonchev–Trinajstić information content (AvgIpc) is 3.40. The molecule has 0 spiro atoms. The highest BCUT2D eigenvalue weighted by Gasteiger charge is 2.26. The second-order valence-corrected chi connectivity index (χ2v) is 9.59. The lowest BCUT2D eigenvalue weighted by molar-refractivity contribution is -0.146. The van der Waals surface area contributed by atoms with E-state index < -0.39 is 12.0 Å². The fourth-order valence-electron chi connectivity index (χ4n) is 4.79. The van der Waals surface area contributed by atoms with Crippen LogP contribution in [0.4, 0.5) is 5.82 Å². The molecule has 0 bridgehead atoms. The van der Waals surface area contributed by atoms with E-state index in [1.54, 1.807) is 23.0 Å². The molecule has 0 radical (unpaired) electrons. The van der Waals surface area contributed by atoms with E-state index in [0.29, 0.717) is 93.3 Å². The first kappa shape index (κ1) is 27.7. The van der Waals surface area contributed by atoms with Gasteiger partial charge < -0.3 is 29.4 Å². The molecule has 2 fully saturated rings. The summed E-state index contributed by atoms with van der Waals surface area (Å²) in [4.78, 5) is 27.4. The summed E-state index contributed by atoms with van der Waals surface area (Å²) in [6, 6.07) is 6.96. The Morgan fingerprint density at radius 2 is 1.95 bits per heavy atom. The van der Waals surface area contributed by atoms with E-state index in [4.69, 9.17) is 29.2 Å². The number of morpholine rings is 1. The zero-order valence-corrected chi connectivity index (χ0v) is 22.2. The first-order chi connectivity index (χ1) is 19.6. The molecule has 212 valence electrons. The Morgan fingerprint density at radius 1 is 1.15 bits per heavy atom. The number of aliphatic carboxylic acids is 1. The van der Waals surface area contributed by atoms with Crippen molar-refractivity contribution in [1.29, 1.82) is 5.26 Å². The van der Waals surface area contributed by atoms with Crippen molar-refractivity contribution in [2.24, 2.45) is 0 Å². The Kier molecular flexibility index (Phi) is 9.35. The van der Waals surface area contributed by atoms with Gasteiger partial charge in [-0.2, -0.15) is 5.26 Å². The Labute approximate surface area is 231 Å². The zero-order chi connectivity index (χ0) is 27.7. The average molecular weight is 552 g/mol. The van der Waals surface area contributed by atoms with Crippen molar-refractivity contribution in [3.63, 3.8) is 0 Å². The van der Waals surface area contributed by atoms with Gasteiger partial charge >= 0.3 is 5.97 Å². The normalized spacial score (nSPS) is 17.4. The highest BCUT2D eigenvalue weighted by atomic mass is 16.5. The number of nitriles is 1. The Balaban J connectivity index is 1.24. The van der Waals surface area contributed by atoms with E-state index >= 15 is 0 Å². The minimum absolute atomic E-state index is 0.190. The minimum Gasteiger partial charge on any atom is -0.487 e. The molecule has 5 heterocycles. The van der Waals surface area contributed by atoms with Crippen LogP contribution in [0.5, 0.6) is 5.75 Å². The van der Waals surface area contributed by atoms with E-state index in [2.05, 4.69) is 21.4 Å². The molecule has 1 unspecified atom stereocenters. The lowest BCUT2D eigenvalue weighted by Crippen LogP contribution is -2.47. The Hall–Kier alpha value is -3.83. The van der Waals surface area contributed by atoms with Gasteiger partial charge in [-0.25, -0.2) is 15.0 Å². The number of carboxylic acids is 1. The second kappa shape index (κ2) is 13.5. The van der Waals surface area contributed by atoms with E-state index in [9.17, 15) is 9.90 Å². The van der Waals surface area contributed by atoms with Gasteiger partial charge in [-0.1, -0.05) is 0 Å². The molecular formula is C27H33N7O6. The SMILES string of the molecule is N#Cc1ccc(-n2cnc3cc(OCCOCCC(C(=O)O)N4CCOCC4)c(NC4CCOCC4)nc32)nc1. The van der Waals surface area contributed by atoms with Gasteiger partial charge in [0.2, 0.25) is 0 Å². The number of hydrogen-bond acceptors (Lipinski definition) is 11. The maximum atomic E-state index is 11.7. The van der Waals surface area contributed by atoms with Crippen LogP contribution in [0.2, 0.25) is 0 Å². The van der Waals surface area contributed by atoms with Crippen molar-refractivity contribution >= 4 is 23.0 Å². The van der Waals surface area contributed by atoms with E-state index in [1.807, 2.05) is 11.0 Å². The van der Waals surface area contributed by atoms with Gasteiger partial charge in [0.1, 0.15) is 36.4 Å². The molecule has 5 rings (SSSR count). The lowest BCUT2D eigenvalue weighted by Gasteiger charge is -2.31. The number of ether oxygens (including phenoxy) is 4. The molecule has 0 saturated carbocycles. The molecule has 3 aromatic rings. The lowest BCUT2D eigenvalue weighted by atomic mass is 10.1. The van der Waals surface area contributed by atoms with Crippen molar-refractivity contribution < 1.29 is 28.8 Å². The summed E-state index contributed by atoms with van der Waals surface area (Å²) >= 11 is 0. The van der Waals surface area contributed by atoms with E-state index in [-0.39, 0.29) is 12.6 Å². The molecule has 13 nitrogen and oxygen atoms in total. The quantitative estimate of drug-likeness (QED) is 0.315. The number of pyridine rings is 2. The van der Waals surface area contributed by atoms with E-state index in [1.165, 1.54) is 6.20 Å². The maximum Gasteiger partial charge on any atom is 0.321 e. The van der Waals surface area contributed by atoms with Gasteiger partial charge in [0, 0.05) is 51.2 Å². The van der Waals surface area contributed by atoms with Crippen molar-refractivity contribution in [3.8, 4) is 17.6 Å². The van der Waals surface area contributed by atoms with Crippen molar-refractivity contribution in [3.05, 3.63) is 36.3 Å². The number of aromatic nitrogens is 4. The second-order valence-electron chi connectivity index (χ2n) is 9.59. The Bertz CT molecular complexity index is 1310. The molecule has 0 aliphatic carbocycles. The molecule has 40 heavy (non-hydrogen) atoms. The maximum absolute atomic E-state index is 11.7. The van der Waals surface area contributed by atoms with Gasteiger partial charge in [0.15, 0.2) is 17.2 Å². The highest BCUT2D eigenvalue weighted by Crippen LogP contribution is 2.29. The van der Waals surface area contributed by atoms with Crippen molar-refractivity contribution in [2.45, 2.75) is 31.3 Å². The van der Waals surface area contributed by atoms with Crippen LogP contribution in [0, 0.1) is 11.3 Å². The van der Waals surface area contributed by atoms with Crippen molar-refractivity contribution in [1.82, 2.24) is 24.4 Å². The number of nitrogens with zero attached hydrogens (tertiary/aromatic N) is 6. The zero-order valence-electron chi connectivity index (χ0n) is 22.2. The standard InChI is InChI=1S/C27H33N7O6/c28-16-19-1-2-24(29-17-19)34-18-30-21-15-23(25(32-26(21)34)31-20-3-8-37-9-4-20)40-14-13-38-10-5-22(27(35)36)33-6-11-39-12-7-33/h1-2,15,17-18,20,22H,3-14H2,(H,31,32)(H,35,36). The summed E-state index contributed by atoms with van der Waals surface area (Å²) < 4.78 is 24.4. The number of carboxylic acid groups (broad SMARTS) is 1. The predicted molar refractivity (Wildman–Crippen MR) is 144 cm³/mol. The number of carbonyl (C=O) groups is 1. The number of nitrogens with one attached hydrogen (secondary N) is 1. The predicted octanol–water partition coefficient (Wildman–Crippen LogP) is 1.85. The van der Waals surface area contributed by atoms with Gasteiger partial charge in [-0.15, -0.1) is 0 Å². The molecule has 2 aliphatic heterocycles. The van der Waals surface area contributed by atoms with Crippen LogP contribution < -0.4 is 10.1 Å². The highest BCUT2D eigenvalue weighted by molar-refractivity contribution is 5.78. The van der Waals surface area contributed by atoms with Crippen LogP contribution in [0.15, 0.2) is 30.7 Å². The molecule has 3 aromatic heterocycles. The Morgan fingerprint density at radius 3 is 2.67 bits per heavy atom. The molecule has 2 saturated heterocycles.